The van der Waals surface area contributed by atoms with Gasteiger partial charge >= 0.3 is 0 Å². The Morgan fingerprint density at radius 2 is 2.31 bits per heavy atom. The minimum absolute atomic E-state index is 0.0669. The number of carbonyl (C=O) groups is 1. The molecule has 1 rings (SSSR count). The number of likely N-dealkylation sites (N-methyl/N-ethyl adjacent to an activating group) is 1. The summed E-state index contributed by atoms with van der Waals surface area (Å²) in [5.74, 6) is 0.326. The Balaban J connectivity index is 2.78. The SMILES string of the molecule is CCNc1cncc(C(=O)N(C)CCO)n1. The molecular formula is C10H16N4O2. The van der Waals surface area contributed by atoms with E-state index < -0.39 is 0 Å². The van der Waals surface area contributed by atoms with Crippen molar-refractivity contribution in [2.24, 2.45) is 0 Å². The summed E-state index contributed by atoms with van der Waals surface area (Å²) >= 11 is 0. The van der Waals surface area contributed by atoms with Crippen LogP contribution in [0.4, 0.5) is 5.82 Å². The van der Waals surface area contributed by atoms with E-state index >= 15 is 0 Å². The quantitative estimate of drug-likeness (QED) is 0.734. The summed E-state index contributed by atoms with van der Waals surface area (Å²) in [4.78, 5) is 21.2. The Kier molecular flexibility index (Phi) is 4.65. The highest BCUT2D eigenvalue weighted by Gasteiger charge is 2.13. The van der Waals surface area contributed by atoms with Crippen LogP contribution in [-0.4, -0.2) is 52.6 Å². The number of aliphatic hydroxyl groups excluding tert-OH is 1. The van der Waals surface area contributed by atoms with Gasteiger partial charge in [0, 0.05) is 20.1 Å². The number of aromatic nitrogens is 2. The maximum atomic E-state index is 11.8. The first kappa shape index (κ1) is 12.4. The van der Waals surface area contributed by atoms with Gasteiger partial charge in [0.25, 0.3) is 5.91 Å². The van der Waals surface area contributed by atoms with Gasteiger partial charge < -0.3 is 15.3 Å². The first-order chi connectivity index (χ1) is 7.69. The number of aliphatic hydroxyl groups is 1. The molecule has 0 aliphatic rings. The van der Waals surface area contributed by atoms with Crippen LogP contribution in [0.3, 0.4) is 0 Å². The van der Waals surface area contributed by atoms with Crippen LogP contribution >= 0.6 is 0 Å². The van der Waals surface area contributed by atoms with Crippen LogP contribution < -0.4 is 5.32 Å². The van der Waals surface area contributed by atoms with Crippen molar-refractivity contribution in [3.63, 3.8) is 0 Å². The highest BCUT2D eigenvalue weighted by atomic mass is 16.3. The second-order valence-corrected chi connectivity index (χ2v) is 3.27. The lowest BCUT2D eigenvalue weighted by Crippen LogP contribution is -2.30. The number of nitrogens with one attached hydrogen (secondary N) is 1. The van der Waals surface area contributed by atoms with E-state index in [1.807, 2.05) is 6.92 Å². The molecule has 0 aliphatic heterocycles. The van der Waals surface area contributed by atoms with Crippen LogP contribution in [0.25, 0.3) is 0 Å². The van der Waals surface area contributed by atoms with Crippen LogP contribution in [0.15, 0.2) is 12.4 Å². The number of hydrogen-bond acceptors (Lipinski definition) is 5. The van der Waals surface area contributed by atoms with E-state index in [1.54, 1.807) is 13.2 Å². The zero-order valence-corrected chi connectivity index (χ0v) is 9.47. The fourth-order valence-electron chi connectivity index (χ4n) is 1.18. The molecule has 2 N–H and O–H groups in total. The molecule has 0 aromatic carbocycles. The van der Waals surface area contributed by atoms with E-state index in [9.17, 15) is 4.79 Å². The van der Waals surface area contributed by atoms with Crippen molar-refractivity contribution in [1.82, 2.24) is 14.9 Å². The lowest BCUT2D eigenvalue weighted by Gasteiger charge is -2.15. The van der Waals surface area contributed by atoms with E-state index in [2.05, 4.69) is 15.3 Å². The van der Waals surface area contributed by atoms with E-state index in [1.165, 1.54) is 11.1 Å². The predicted molar refractivity (Wildman–Crippen MR) is 60.2 cm³/mol. The van der Waals surface area contributed by atoms with Gasteiger partial charge in [0.1, 0.15) is 11.5 Å². The molecule has 1 aromatic rings. The predicted octanol–water partition coefficient (Wildman–Crippen LogP) is -0.0273. The van der Waals surface area contributed by atoms with Gasteiger partial charge in [-0.2, -0.15) is 0 Å². The molecule has 0 saturated heterocycles. The maximum Gasteiger partial charge on any atom is 0.273 e. The molecule has 1 amide bonds. The lowest BCUT2D eigenvalue weighted by molar-refractivity contribution is 0.0761. The highest BCUT2D eigenvalue weighted by Crippen LogP contribution is 2.04. The normalized spacial score (nSPS) is 9.94. The molecule has 6 nitrogen and oxygen atoms in total. The Morgan fingerprint density at radius 1 is 1.56 bits per heavy atom. The standard InChI is InChI=1S/C10H16N4O2/c1-3-12-9-7-11-6-8(13-9)10(16)14(2)4-5-15/h6-7,15H,3-5H2,1-2H3,(H,12,13). The number of amides is 1. The first-order valence-corrected chi connectivity index (χ1v) is 5.11. The molecule has 88 valence electrons. The van der Waals surface area contributed by atoms with Crippen LogP contribution in [-0.2, 0) is 0 Å². The highest BCUT2D eigenvalue weighted by molar-refractivity contribution is 5.92. The molecule has 0 spiro atoms. The van der Waals surface area contributed by atoms with Crippen molar-refractivity contribution in [2.75, 3.05) is 32.1 Å². The minimum Gasteiger partial charge on any atom is -0.395 e. The van der Waals surface area contributed by atoms with Crippen LogP contribution in [0.1, 0.15) is 17.4 Å². The van der Waals surface area contributed by atoms with Gasteiger partial charge in [-0.05, 0) is 6.92 Å². The van der Waals surface area contributed by atoms with Crippen molar-refractivity contribution in [1.29, 1.82) is 0 Å². The van der Waals surface area contributed by atoms with Crippen LogP contribution in [0.2, 0.25) is 0 Å². The second kappa shape index (κ2) is 6.02. The monoisotopic (exact) mass is 224 g/mol. The van der Waals surface area contributed by atoms with Crippen molar-refractivity contribution in [2.45, 2.75) is 6.92 Å². The average molecular weight is 224 g/mol. The van der Waals surface area contributed by atoms with Crippen molar-refractivity contribution >= 4 is 11.7 Å². The van der Waals surface area contributed by atoms with Gasteiger partial charge in [0.15, 0.2) is 0 Å². The van der Waals surface area contributed by atoms with E-state index in [-0.39, 0.29) is 24.8 Å². The Bertz CT molecular complexity index is 356. The minimum atomic E-state index is -0.249. The topological polar surface area (TPSA) is 78.4 Å². The number of nitrogens with zero attached hydrogens (tertiary/aromatic N) is 3. The van der Waals surface area contributed by atoms with Gasteiger partial charge in [-0.15, -0.1) is 0 Å². The average Bonchev–Trinajstić information content (AvgIpc) is 2.29. The zero-order valence-electron chi connectivity index (χ0n) is 9.47. The molecule has 0 unspecified atom stereocenters. The molecule has 6 heteroatoms. The van der Waals surface area contributed by atoms with Gasteiger partial charge in [-0.3, -0.25) is 9.78 Å². The van der Waals surface area contributed by atoms with Crippen LogP contribution in [0.5, 0.6) is 0 Å². The molecule has 1 heterocycles. The van der Waals surface area contributed by atoms with Gasteiger partial charge in [-0.25, -0.2) is 4.98 Å². The summed E-state index contributed by atoms with van der Waals surface area (Å²) in [7, 11) is 1.61. The molecular weight excluding hydrogens is 208 g/mol. The number of rotatable bonds is 5. The third kappa shape index (κ3) is 3.16. The van der Waals surface area contributed by atoms with Crippen LogP contribution in [0, 0.1) is 0 Å². The molecule has 0 radical (unpaired) electrons. The van der Waals surface area contributed by atoms with Gasteiger partial charge in [-0.1, -0.05) is 0 Å². The second-order valence-electron chi connectivity index (χ2n) is 3.27. The largest absolute Gasteiger partial charge is 0.395 e. The summed E-state index contributed by atoms with van der Waals surface area (Å²) < 4.78 is 0. The fourth-order valence-corrected chi connectivity index (χ4v) is 1.18. The maximum absolute atomic E-state index is 11.8. The number of carbonyl (C=O) groups excluding carboxylic acids is 1. The van der Waals surface area contributed by atoms with Crippen molar-refractivity contribution < 1.29 is 9.90 Å². The Labute approximate surface area is 94.3 Å². The van der Waals surface area contributed by atoms with Gasteiger partial charge in [0.2, 0.25) is 0 Å². The molecule has 1 aromatic heterocycles. The lowest BCUT2D eigenvalue weighted by atomic mass is 10.4. The molecule has 0 aliphatic carbocycles. The van der Waals surface area contributed by atoms with Gasteiger partial charge in [0.05, 0.1) is 19.0 Å². The Morgan fingerprint density at radius 3 is 2.94 bits per heavy atom. The first-order valence-electron chi connectivity index (χ1n) is 5.11. The molecule has 0 fully saturated rings. The molecule has 0 bridgehead atoms. The summed E-state index contributed by atoms with van der Waals surface area (Å²) in [6.07, 6.45) is 2.98. The van der Waals surface area contributed by atoms with E-state index in [0.29, 0.717) is 5.82 Å². The smallest absolute Gasteiger partial charge is 0.273 e. The zero-order chi connectivity index (χ0) is 12.0. The number of hydrogen-bond donors (Lipinski definition) is 2. The molecule has 16 heavy (non-hydrogen) atoms. The third-order valence-electron chi connectivity index (χ3n) is 1.99. The summed E-state index contributed by atoms with van der Waals surface area (Å²) in [6, 6.07) is 0. The number of anilines is 1. The summed E-state index contributed by atoms with van der Waals surface area (Å²) in [5.41, 5.74) is 0.273. The van der Waals surface area contributed by atoms with Crippen molar-refractivity contribution in [3.05, 3.63) is 18.1 Å². The Hall–Kier alpha value is -1.69. The van der Waals surface area contributed by atoms with E-state index in [0.717, 1.165) is 6.54 Å². The van der Waals surface area contributed by atoms with E-state index in [4.69, 9.17) is 5.11 Å². The van der Waals surface area contributed by atoms with Crippen molar-refractivity contribution in [3.8, 4) is 0 Å². The summed E-state index contributed by atoms with van der Waals surface area (Å²) in [5, 5.41) is 11.7. The third-order valence-corrected chi connectivity index (χ3v) is 1.99. The molecule has 0 atom stereocenters. The fraction of sp³-hybridized carbons (Fsp3) is 0.500. The molecule has 0 saturated carbocycles. The summed E-state index contributed by atoms with van der Waals surface area (Å²) in [6.45, 7) is 2.88.